The van der Waals surface area contributed by atoms with Crippen LogP contribution in [0, 0.1) is 0 Å². The van der Waals surface area contributed by atoms with Crippen LogP contribution in [0.15, 0.2) is 5.11 Å². The maximum absolute atomic E-state index is 11.7. The van der Waals surface area contributed by atoms with Crippen molar-refractivity contribution in [1.29, 1.82) is 0 Å². The molecule has 0 aromatic rings. The van der Waals surface area contributed by atoms with Crippen molar-refractivity contribution >= 4 is 5.97 Å². The molecular weight excluding hydrogens is 224 g/mol. The molecule has 1 saturated heterocycles. The first-order valence-corrected chi connectivity index (χ1v) is 5.82. The van der Waals surface area contributed by atoms with Gasteiger partial charge in [-0.05, 0) is 25.3 Å². The Morgan fingerprint density at radius 2 is 2.59 bits per heavy atom. The molecule has 7 nitrogen and oxygen atoms in total. The van der Waals surface area contributed by atoms with Gasteiger partial charge in [-0.15, -0.1) is 0 Å². The average Bonchev–Trinajstić information content (AvgIpc) is 2.83. The maximum atomic E-state index is 11.7. The number of hydrogen-bond acceptors (Lipinski definition) is 5. The number of nitrogens with zero attached hydrogens (tertiary/aromatic N) is 3. The fourth-order valence-electron chi connectivity index (χ4n) is 1.78. The lowest BCUT2D eigenvalue weighted by atomic mass is 10.1. The highest BCUT2D eigenvalue weighted by Gasteiger charge is 2.32. The summed E-state index contributed by atoms with van der Waals surface area (Å²) in [5.41, 5.74) is 8.15. The Labute approximate surface area is 100 Å². The van der Waals surface area contributed by atoms with E-state index in [1.165, 1.54) is 0 Å². The summed E-state index contributed by atoms with van der Waals surface area (Å²) in [7, 11) is 0. The highest BCUT2D eigenvalue weighted by molar-refractivity contribution is 5.76. The molecule has 0 aromatic carbocycles. The summed E-state index contributed by atoms with van der Waals surface area (Å²) in [5.74, 6) is -0.305. The molecule has 2 atom stereocenters. The Kier molecular flexibility index (Phi) is 6.39. The van der Waals surface area contributed by atoms with E-state index in [-0.39, 0.29) is 12.1 Å². The quantitative estimate of drug-likeness (QED) is 0.237. The Hall–Kier alpha value is -1.30. The average molecular weight is 242 g/mol. The number of hydrogen-bond donors (Lipinski definition) is 1. The van der Waals surface area contributed by atoms with Gasteiger partial charge in [-0.3, -0.25) is 4.79 Å². The summed E-state index contributed by atoms with van der Waals surface area (Å²) in [6.45, 7) is 3.54. The second-order valence-corrected chi connectivity index (χ2v) is 3.69. The Morgan fingerprint density at radius 3 is 3.18 bits per heavy atom. The number of esters is 1. The molecule has 7 heteroatoms. The molecule has 0 aromatic heterocycles. The van der Waals surface area contributed by atoms with Crippen LogP contribution < -0.4 is 5.32 Å². The van der Waals surface area contributed by atoms with Gasteiger partial charge in [0, 0.05) is 24.6 Å². The predicted molar refractivity (Wildman–Crippen MR) is 61.4 cm³/mol. The molecule has 17 heavy (non-hydrogen) atoms. The lowest BCUT2D eigenvalue weighted by Gasteiger charge is -2.22. The van der Waals surface area contributed by atoms with E-state index in [9.17, 15) is 4.79 Å². The van der Waals surface area contributed by atoms with Crippen LogP contribution in [-0.4, -0.2) is 44.4 Å². The SMILES string of the molecule is CCOC(=O)C(NCCN=[N+]=[N-])C1CCCO1. The van der Waals surface area contributed by atoms with Crippen molar-refractivity contribution in [3.8, 4) is 0 Å². The van der Waals surface area contributed by atoms with E-state index in [0.29, 0.717) is 26.3 Å². The molecule has 2 unspecified atom stereocenters. The van der Waals surface area contributed by atoms with Gasteiger partial charge in [0.2, 0.25) is 0 Å². The van der Waals surface area contributed by atoms with E-state index >= 15 is 0 Å². The zero-order valence-corrected chi connectivity index (χ0v) is 9.96. The Morgan fingerprint density at radius 1 is 1.76 bits per heavy atom. The Balaban J connectivity index is 2.45. The standard InChI is InChI=1S/C10H18N4O3/c1-2-16-10(15)9(8-4-3-7-17-8)12-5-6-13-14-11/h8-9,12H,2-7H2,1H3. The third kappa shape index (κ3) is 4.60. The van der Waals surface area contributed by atoms with Gasteiger partial charge in [-0.2, -0.15) is 0 Å². The molecule has 1 aliphatic rings. The van der Waals surface area contributed by atoms with Gasteiger partial charge in [0.05, 0.1) is 12.7 Å². The number of azide groups is 1. The zero-order chi connectivity index (χ0) is 12.5. The fourth-order valence-corrected chi connectivity index (χ4v) is 1.78. The van der Waals surface area contributed by atoms with Gasteiger partial charge < -0.3 is 14.8 Å². The summed E-state index contributed by atoms with van der Waals surface area (Å²) in [5, 5.41) is 6.42. The van der Waals surface area contributed by atoms with Crippen LogP contribution in [0.1, 0.15) is 19.8 Å². The van der Waals surface area contributed by atoms with E-state index in [2.05, 4.69) is 15.3 Å². The molecular formula is C10H18N4O3. The lowest BCUT2D eigenvalue weighted by Crippen LogP contribution is -2.47. The van der Waals surface area contributed by atoms with Crippen molar-refractivity contribution < 1.29 is 14.3 Å². The number of carbonyl (C=O) groups excluding carboxylic acids is 1. The van der Waals surface area contributed by atoms with Crippen LogP contribution in [0.3, 0.4) is 0 Å². The van der Waals surface area contributed by atoms with Crippen LogP contribution in [0.4, 0.5) is 0 Å². The van der Waals surface area contributed by atoms with Crippen LogP contribution in [0.5, 0.6) is 0 Å². The molecule has 1 aliphatic heterocycles. The first-order chi connectivity index (χ1) is 8.29. The molecule has 1 rings (SSSR count). The van der Waals surface area contributed by atoms with E-state index < -0.39 is 6.04 Å². The minimum absolute atomic E-state index is 0.139. The van der Waals surface area contributed by atoms with Crippen LogP contribution >= 0.6 is 0 Å². The summed E-state index contributed by atoms with van der Waals surface area (Å²) in [6.07, 6.45) is 1.66. The minimum atomic E-state index is -0.466. The topological polar surface area (TPSA) is 96.3 Å². The van der Waals surface area contributed by atoms with Crippen molar-refractivity contribution in [2.75, 3.05) is 26.3 Å². The number of carbonyl (C=O) groups is 1. The molecule has 0 spiro atoms. The monoisotopic (exact) mass is 242 g/mol. The lowest BCUT2D eigenvalue weighted by molar-refractivity contribution is -0.149. The molecule has 0 amide bonds. The molecule has 1 N–H and O–H groups in total. The normalized spacial score (nSPS) is 20.6. The number of ether oxygens (including phenoxy) is 2. The molecule has 0 radical (unpaired) electrons. The highest BCUT2D eigenvalue weighted by Crippen LogP contribution is 2.16. The molecule has 1 heterocycles. The predicted octanol–water partition coefficient (Wildman–Crippen LogP) is 0.997. The van der Waals surface area contributed by atoms with Crippen molar-refractivity contribution in [1.82, 2.24) is 5.32 Å². The van der Waals surface area contributed by atoms with E-state index in [1.807, 2.05) is 0 Å². The maximum Gasteiger partial charge on any atom is 0.325 e. The number of nitrogens with one attached hydrogen (secondary N) is 1. The van der Waals surface area contributed by atoms with Crippen LogP contribution in [-0.2, 0) is 14.3 Å². The van der Waals surface area contributed by atoms with Crippen molar-refractivity contribution in [3.05, 3.63) is 10.4 Å². The minimum Gasteiger partial charge on any atom is -0.465 e. The van der Waals surface area contributed by atoms with Gasteiger partial charge in [0.15, 0.2) is 0 Å². The number of rotatable bonds is 7. The largest absolute Gasteiger partial charge is 0.465 e. The van der Waals surface area contributed by atoms with Gasteiger partial charge in [0.25, 0.3) is 0 Å². The Bertz CT molecular complexity index is 285. The van der Waals surface area contributed by atoms with E-state index in [4.69, 9.17) is 15.0 Å². The van der Waals surface area contributed by atoms with Crippen molar-refractivity contribution in [2.45, 2.75) is 31.9 Å². The molecule has 0 saturated carbocycles. The second-order valence-electron chi connectivity index (χ2n) is 3.69. The van der Waals surface area contributed by atoms with Crippen molar-refractivity contribution in [2.24, 2.45) is 5.11 Å². The first-order valence-electron chi connectivity index (χ1n) is 5.82. The van der Waals surface area contributed by atoms with Gasteiger partial charge in [-0.1, -0.05) is 5.11 Å². The summed E-state index contributed by atoms with van der Waals surface area (Å²) >= 11 is 0. The van der Waals surface area contributed by atoms with Crippen molar-refractivity contribution in [3.63, 3.8) is 0 Å². The van der Waals surface area contributed by atoms with Gasteiger partial charge >= 0.3 is 5.97 Å². The molecule has 0 aliphatic carbocycles. The molecule has 1 fully saturated rings. The second kappa shape index (κ2) is 7.89. The molecule has 96 valence electrons. The van der Waals surface area contributed by atoms with Gasteiger partial charge in [-0.25, -0.2) is 0 Å². The molecule has 0 bridgehead atoms. The van der Waals surface area contributed by atoms with E-state index in [0.717, 1.165) is 12.8 Å². The van der Waals surface area contributed by atoms with Crippen LogP contribution in [0.25, 0.3) is 10.4 Å². The first kappa shape index (κ1) is 13.8. The summed E-state index contributed by atoms with van der Waals surface area (Å²) < 4.78 is 10.5. The summed E-state index contributed by atoms with van der Waals surface area (Å²) in [4.78, 5) is 14.4. The third-order valence-corrected chi connectivity index (χ3v) is 2.52. The fraction of sp³-hybridized carbons (Fsp3) is 0.900. The smallest absolute Gasteiger partial charge is 0.325 e. The third-order valence-electron chi connectivity index (χ3n) is 2.52. The highest BCUT2D eigenvalue weighted by atomic mass is 16.5. The van der Waals surface area contributed by atoms with E-state index in [1.54, 1.807) is 6.92 Å². The van der Waals surface area contributed by atoms with Gasteiger partial charge in [0.1, 0.15) is 6.04 Å². The van der Waals surface area contributed by atoms with Crippen LogP contribution in [0.2, 0.25) is 0 Å². The summed E-state index contributed by atoms with van der Waals surface area (Å²) in [6, 6.07) is -0.466. The zero-order valence-electron chi connectivity index (χ0n) is 9.96.